The summed E-state index contributed by atoms with van der Waals surface area (Å²) < 4.78 is 117. The van der Waals surface area contributed by atoms with Gasteiger partial charge in [0.05, 0.1) is 11.3 Å². The molecule has 0 atom stereocenters. The molecule has 0 spiro atoms. The molecule has 3 aromatic heterocycles. The van der Waals surface area contributed by atoms with E-state index < -0.39 is 51.1 Å². The number of hydrogen-bond donors (Lipinski definition) is 2. The van der Waals surface area contributed by atoms with Crippen molar-refractivity contribution in [1.82, 2.24) is 15.0 Å². The third kappa shape index (κ3) is 5.03. The van der Waals surface area contributed by atoms with Crippen molar-refractivity contribution in [3.8, 4) is 11.3 Å². The van der Waals surface area contributed by atoms with Gasteiger partial charge in [0.1, 0.15) is 17.3 Å². The molecular weight excluding hydrogens is 531 g/mol. The third-order valence-electron chi connectivity index (χ3n) is 5.39. The van der Waals surface area contributed by atoms with Crippen molar-refractivity contribution in [2.75, 3.05) is 16.7 Å². The smallest absolute Gasteiger partial charge is 0.380 e. The Labute approximate surface area is 205 Å². The van der Waals surface area contributed by atoms with Crippen molar-refractivity contribution >= 4 is 32.6 Å². The van der Waals surface area contributed by atoms with E-state index in [-0.39, 0.29) is 20.9 Å². The number of halogens is 7. The fourth-order valence-electron chi connectivity index (χ4n) is 3.57. The molecule has 0 aliphatic heterocycles. The zero-order valence-electron chi connectivity index (χ0n) is 18.6. The van der Waals surface area contributed by atoms with Gasteiger partial charge in [-0.05, 0) is 42.0 Å². The zero-order valence-corrected chi connectivity index (χ0v) is 19.4. The number of fused-ring (bicyclic) bond motifs is 1. The Morgan fingerprint density at radius 1 is 1.03 bits per heavy atom. The molecule has 0 radical (unpaired) electrons. The summed E-state index contributed by atoms with van der Waals surface area (Å²) in [6.45, 7) is -0.514. The molecule has 37 heavy (non-hydrogen) atoms. The van der Waals surface area contributed by atoms with Crippen LogP contribution in [0.25, 0.3) is 22.3 Å². The highest BCUT2D eigenvalue weighted by atomic mass is 32.2. The minimum atomic E-state index is -5.81. The van der Waals surface area contributed by atoms with Gasteiger partial charge in [-0.25, -0.2) is 18.7 Å². The maximum atomic E-state index is 13.8. The summed E-state index contributed by atoms with van der Waals surface area (Å²) in [5.41, 5.74) is -6.49. The first-order valence-electron chi connectivity index (χ1n) is 10.3. The number of benzene rings is 1. The van der Waals surface area contributed by atoms with Crippen LogP contribution in [-0.4, -0.2) is 35.9 Å². The second-order valence-electron chi connectivity index (χ2n) is 7.75. The predicted molar refractivity (Wildman–Crippen MR) is 121 cm³/mol. The minimum absolute atomic E-state index is 0.00384. The van der Waals surface area contributed by atoms with Crippen molar-refractivity contribution < 1.29 is 39.2 Å². The highest BCUT2D eigenvalue weighted by Gasteiger charge is 2.49. The van der Waals surface area contributed by atoms with E-state index >= 15 is 0 Å². The van der Waals surface area contributed by atoms with Crippen molar-refractivity contribution in [2.24, 2.45) is 0 Å². The Morgan fingerprint density at radius 3 is 2.32 bits per heavy atom. The van der Waals surface area contributed by atoms with Gasteiger partial charge in [0.15, 0.2) is 0 Å². The van der Waals surface area contributed by atoms with Crippen LogP contribution < -0.4 is 9.62 Å². The van der Waals surface area contributed by atoms with E-state index in [1.54, 1.807) is 0 Å². The number of sulfonamides is 1. The Hall–Kier alpha value is -3.88. The van der Waals surface area contributed by atoms with Gasteiger partial charge in [-0.2, -0.15) is 34.8 Å². The molecular formula is C22H16F7N5O2S. The van der Waals surface area contributed by atoms with Gasteiger partial charge in [0.25, 0.3) is 0 Å². The Morgan fingerprint density at radius 2 is 1.70 bits per heavy atom. The third-order valence-corrected chi connectivity index (χ3v) is 6.87. The maximum absolute atomic E-state index is 13.8. The van der Waals surface area contributed by atoms with E-state index in [9.17, 15) is 39.2 Å². The van der Waals surface area contributed by atoms with E-state index in [1.807, 2.05) is 0 Å². The summed E-state index contributed by atoms with van der Waals surface area (Å²) in [5, 5.41) is 2.55. The van der Waals surface area contributed by atoms with Gasteiger partial charge in [-0.15, -0.1) is 0 Å². The number of rotatable bonds is 6. The molecule has 0 unspecified atom stereocenters. The fourth-order valence-corrected chi connectivity index (χ4v) is 4.27. The lowest BCUT2D eigenvalue weighted by Crippen LogP contribution is -2.39. The number of aromatic nitrogens is 3. The lowest BCUT2D eigenvalue weighted by molar-refractivity contribution is -0.137. The van der Waals surface area contributed by atoms with Gasteiger partial charge in [-0.3, -0.25) is 0 Å². The van der Waals surface area contributed by atoms with Crippen molar-refractivity contribution in [3.63, 3.8) is 0 Å². The van der Waals surface area contributed by atoms with Gasteiger partial charge in [0, 0.05) is 42.6 Å². The van der Waals surface area contributed by atoms with Crippen molar-refractivity contribution in [1.29, 1.82) is 0 Å². The molecule has 4 rings (SSSR count). The molecule has 15 heteroatoms. The number of H-pyrrole nitrogens is 1. The molecule has 0 saturated heterocycles. The van der Waals surface area contributed by atoms with Gasteiger partial charge in [-0.1, -0.05) is 6.07 Å². The molecule has 7 nitrogen and oxygen atoms in total. The van der Waals surface area contributed by atoms with Crippen LogP contribution in [0.2, 0.25) is 0 Å². The molecule has 3 heterocycles. The molecule has 0 bridgehead atoms. The highest BCUT2D eigenvalue weighted by molar-refractivity contribution is 7.93. The number of aromatic amines is 1. The largest absolute Gasteiger partial charge is 0.516 e. The molecule has 4 aromatic rings. The number of nitrogens with zero attached hydrogens (tertiary/aromatic N) is 3. The van der Waals surface area contributed by atoms with Crippen LogP contribution >= 0.6 is 0 Å². The Bertz CT molecular complexity index is 1550. The average Bonchev–Trinajstić information content (AvgIpc) is 3.26. The van der Waals surface area contributed by atoms with E-state index in [2.05, 4.69) is 20.3 Å². The first-order chi connectivity index (χ1) is 17.2. The summed E-state index contributed by atoms with van der Waals surface area (Å²) >= 11 is 0. The molecule has 0 aliphatic rings. The van der Waals surface area contributed by atoms with Gasteiger partial charge in [0.2, 0.25) is 0 Å². The number of hydrogen-bond acceptors (Lipinski definition) is 5. The lowest BCUT2D eigenvalue weighted by atomic mass is 10.1. The quantitative estimate of drug-likeness (QED) is 0.303. The van der Waals surface area contributed by atoms with Crippen LogP contribution in [-0.2, 0) is 22.7 Å². The van der Waals surface area contributed by atoms with Gasteiger partial charge >= 0.3 is 21.7 Å². The van der Waals surface area contributed by atoms with E-state index in [1.165, 1.54) is 42.5 Å². The molecule has 0 amide bonds. The Kier molecular flexibility index (Phi) is 6.52. The van der Waals surface area contributed by atoms with Crippen molar-refractivity contribution in [2.45, 2.75) is 18.2 Å². The Balaban J connectivity index is 1.76. The average molecular weight is 547 g/mol. The maximum Gasteiger partial charge on any atom is 0.516 e. The molecule has 0 fully saturated rings. The van der Waals surface area contributed by atoms with Crippen LogP contribution in [0, 0.1) is 5.82 Å². The predicted octanol–water partition coefficient (Wildman–Crippen LogP) is 5.68. The molecule has 1 aromatic carbocycles. The fraction of sp³-hybridized carbons (Fsp3) is 0.182. The summed E-state index contributed by atoms with van der Waals surface area (Å²) in [6.07, 6.45) is -3.22. The van der Waals surface area contributed by atoms with Crippen LogP contribution in [0.1, 0.15) is 11.1 Å². The summed E-state index contributed by atoms with van der Waals surface area (Å²) in [5.74, 6) is -1.13. The first kappa shape index (κ1) is 26.2. The minimum Gasteiger partial charge on any atom is -0.380 e. The van der Waals surface area contributed by atoms with Crippen LogP contribution in [0.15, 0.2) is 54.9 Å². The summed E-state index contributed by atoms with van der Waals surface area (Å²) in [6, 6.07) is 9.05. The topological polar surface area (TPSA) is 91.0 Å². The van der Waals surface area contributed by atoms with E-state index in [4.69, 9.17) is 0 Å². The molecule has 196 valence electrons. The van der Waals surface area contributed by atoms with Crippen LogP contribution in [0.3, 0.4) is 0 Å². The normalized spacial score (nSPS) is 12.6. The van der Waals surface area contributed by atoms with Gasteiger partial charge < -0.3 is 10.3 Å². The number of alkyl halides is 6. The standard InChI is InChI=1S/C22H16F7N5O2S/c1-34(37(35,36)22(27,28)29)20-13(3-2-8-30-20)10-31-18-15-9-17(12-4-6-14(23)7-5-12)33-19(15)32-11-16(18)21(24,25)26/h2-9,11H,10H2,1H3,(H2,31,32,33). The second-order valence-corrected chi connectivity index (χ2v) is 9.72. The second kappa shape index (κ2) is 9.21. The first-order valence-corrected chi connectivity index (χ1v) is 11.7. The summed E-state index contributed by atoms with van der Waals surface area (Å²) in [4.78, 5) is 10.4. The van der Waals surface area contributed by atoms with E-state index in [0.717, 1.165) is 6.20 Å². The number of pyridine rings is 2. The summed E-state index contributed by atoms with van der Waals surface area (Å²) in [7, 11) is -5.17. The number of nitrogens with one attached hydrogen (secondary N) is 2. The monoisotopic (exact) mass is 547 g/mol. The molecule has 0 saturated carbocycles. The zero-order chi connectivity index (χ0) is 27.2. The molecule has 0 aliphatic carbocycles. The SMILES string of the molecule is CN(c1ncccc1CNc1c(C(F)(F)F)cnc2[nH]c(-c3ccc(F)cc3)cc12)S(=O)(=O)C(F)(F)F. The van der Waals surface area contributed by atoms with Crippen LogP contribution in [0.4, 0.5) is 42.2 Å². The van der Waals surface area contributed by atoms with Crippen molar-refractivity contribution in [3.05, 3.63) is 71.8 Å². The molecule has 2 N–H and O–H groups in total. The van der Waals surface area contributed by atoms with E-state index in [0.29, 0.717) is 24.5 Å². The highest BCUT2D eigenvalue weighted by Crippen LogP contribution is 2.40. The van der Waals surface area contributed by atoms with Crippen LogP contribution in [0.5, 0.6) is 0 Å². The lowest BCUT2D eigenvalue weighted by Gasteiger charge is -2.22. The number of anilines is 2.